The second kappa shape index (κ2) is 1.59. The van der Waals surface area contributed by atoms with Gasteiger partial charge in [-0.1, -0.05) is 0 Å². The number of fused-ring (bicyclic) bond motifs is 1. The Hall–Kier alpha value is -0.790. The lowest BCUT2D eigenvalue weighted by Crippen LogP contribution is -1.93. The fourth-order valence-electron chi connectivity index (χ4n) is 1.25. The van der Waals surface area contributed by atoms with Gasteiger partial charge in [0.1, 0.15) is 5.82 Å². The second-order valence-electron chi connectivity index (χ2n) is 2.42. The van der Waals surface area contributed by atoms with Gasteiger partial charge in [0.2, 0.25) is 0 Å². The molecule has 0 bridgehead atoms. The van der Waals surface area contributed by atoms with E-state index in [2.05, 4.69) is 22.9 Å². The van der Waals surface area contributed by atoms with Crippen molar-refractivity contribution in [3.05, 3.63) is 24.1 Å². The summed E-state index contributed by atoms with van der Waals surface area (Å²) in [6.45, 7) is 3.15. The third-order valence-corrected chi connectivity index (χ3v) is 1.78. The molecule has 1 aromatic rings. The fourth-order valence-corrected chi connectivity index (χ4v) is 1.25. The molecule has 1 radical (unpaired) electrons. The van der Waals surface area contributed by atoms with Gasteiger partial charge in [0, 0.05) is 24.9 Å². The number of nitrogens with zero attached hydrogens (tertiary/aromatic N) is 2. The Balaban J connectivity index is 2.56. The highest BCUT2D eigenvalue weighted by Crippen LogP contribution is 2.13. The average Bonchev–Trinajstić information content (AvgIpc) is 2.35. The van der Waals surface area contributed by atoms with Crippen LogP contribution in [-0.2, 0) is 13.0 Å². The monoisotopic (exact) mass is 121 g/mol. The summed E-state index contributed by atoms with van der Waals surface area (Å²) in [7, 11) is 0. The number of imidazole rings is 1. The topological polar surface area (TPSA) is 17.8 Å². The average molecular weight is 121 g/mol. The van der Waals surface area contributed by atoms with Crippen LogP contribution in [0.25, 0.3) is 0 Å². The molecule has 2 rings (SSSR count). The molecule has 2 heterocycles. The third-order valence-electron chi connectivity index (χ3n) is 1.78. The molecule has 0 saturated carbocycles. The summed E-state index contributed by atoms with van der Waals surface area (Å²) in [6, 6.07) is 0. The zero-order chi connectivity index (χ0) is 6.27. The predicted octanol–water partition coefficient (Wildman–Crippen LogP) is 0.952. The van der Waals surface area contributed by atoms with Crippen LogP contribution in [0, 0.1) is 13.3 Å². The van der Waals surface area contributed by atoms with Crippen LogP contribution in [0.1, 0.15) is 11.5 Å². The number of aromatic nitrogens is 2. The lowest BCUT2D eigenvalue weighted by molar-refractivity contribution is 0.797. The highest BCUT2D eigenvalue weighted by atomic mass is 15.1. The van der Waals surface area contributed by atoms with E-state index < -0.39 is 0 Å². The van der Waals surface area contributed by atoms with Crippen molar-refractivity contribution in [3.63, 3.8) is 0 Å². The molecule has 0 aliphatic carbocycles. The SMILES string of the molecule is Cc1cnc2n1C[CH]C2. The second-order valence-corrected chi connectivity index (χ2v) is 2.42. The first-order valence-electron chi connectivity index (χ1n) is 3.20. The quantitative estimate of drug-likeness (QED) is 0.499. The molecule has 0 atom stereocenters. The van der Waals surface area contributed by atoms with E-state index in [0.29, 0.717) is 0 Å². The van der Waals surface area contributed by atoms with Gasteiger partial charge in [0.25, 0.3) is 0 Å². The van der Waals surface area contributed by atoms with Crippen LogP contribution >= 0.6 is 0 Å². The zero-order valence-corrected chi connectivity index (χ0v) is 5.46. The number of hydrogen-bond acceptors (Lipinski definition) is 1. The van der Waals surface area contributed by atoms with Crippen LogP contribution in [0.3, 0.4) is 0 Å². The Morgan fingerprint density at radius 1 is 1.67 bits per heavy atom. The standard InChI is InChI=1S/C7H9N2/c1-6-5-8-7-3-2-4-9(6)7/h2,5H,3-4H2,1H3. The molecule has 0 aromatic carbocycles. The van der Waals surface area contributed by atoms with Crippen molar-refractivity contribution in [2.75, 3.05) is 0 Å². The van der Waals surface area contributed by atoms with Crippen LogP contribution in [-0.4, -0.2) is 9.55 Å². The van der Waals surface area contributed by atoms with E-state index in [-0.39, 0.29) is 0 Å². The molecule has 2 nitrogen and oxygen atoms in total. The molecule has 1 aliphatic heterocycles. The molecule has 0 spiro atoms. The molecule has 0 fully saturated rings. The summed E-state index contributed by atoms with van der Waals surface area (Å²) in [4.78, 5) is 4.23. The van der Waals surface area contributed by atoms with Gasteiger partial charge < -0.3 is 4.57 Å². The summed E-state index contributed by atoms with van der Waals surface area (Å²) < 4.78 is 2.24. The number of hydrogen-bond donors (Lipinski definition) is 0. The third kappa shape index (κ3) is 0.590. The van der Waals surface area contributed by atoms with E-state index in [1.54, 1.807) is 0 Å². The van der Waals surface area contributed by atoms with Crippen LogP contribution in [0.4, 0.5) is 0 Å². The normalized spacial score (nSPS) is 16.1. The van der Waals surface area contributed by atoms with Gasteiger partial charge in [-0.3, -0.25) is 0 Å². The van der Waals surface area contributed by atoms with Crippen molar-refractivity contribution in [1.29, 1.82) is 0 Å². The van der Waals surface area contributed by atoms with Crippen LogP contribution in [0.15, 0.2) is 6.20 Å². The molecule has 0 amide bonds. The summed E-state index contributed by atoms with van der Waals surface area (Å²) in [5.74, 6) is 1.22. The molecule has 47 valence electrons. The maximum absolute atomic E-state index is 4.23. The molecule has 2 heteroatoms. The molecule has 0 N–H and O–H groups in total. The van der Waals surface area contributed by atoms with E-state index in [1.165, 1.54) is 11.5 Å². The van der Waals surface area contributed by atoms with Crippen LogP contribution < -0.4 is 0 Å². The van der Waals surface area contributed by atoms with Crippen molar-refractivity contribution < 1.29 is 0 Å². The predicted molar refractivity (Wildman–Crippen MR) is 35.0 cm³/mol. The van der Waals surface area contributed by atoms with E-state index in [4.69, 9.17) is 0 Å². The first-order chi connectivity index (χ1) is 4.38. The van der Waals surface area contributed by atoms with Crippen LogP contribution in [0.5, 0.6) is 0 Å². The maximum Gasteiger partial charge on any atom is 0.109 e. The Morgan fingerprint density at radius 3 is 3.33 bits per heavy atom. The lowest BCUT2D eigenvalue weighted by atomic mass is 10.4. The van der Waals surface area contributed by atoms with Gasteiger partial charge in [0.05, 0.1) is 0 Å². The van der Waals surface area contributed by atoms with Gasteiger partial charge in [-0.15, -0.1) is 0 Å². The van der Waals surface area contributed by atoms with Gasteiger partial charge in [-0.2, -0.15) is 0 Å². The lowest BCUT2D eigenvalue weighted by Gasteiger charge is -1.95. The summed E-state index contributed by atoms with van der Waals surface area (Å²) in [5.41, 5.74) is 1.28. The van der Waals surface area contributed by atoms with Crippen molar-refractivity contribution in [2.24, 2.45) is 0 Å². The Kier molecular flexibility index (Phi) is 0.891. The van der Waals surface area contributed by atoms with Crippen molar-refractivity contribution >= 4 is 0 Å². The molecule has 0 unspecified atom stereocenters. The summed E-state index contributed by atoms with van der Waals surface area (Å²) in [6.07, 6.45) is 5.23. The van der Waals surface area contributed by atoms with Crippen molar-refractivity contribution in [2.45, 2.75) is 19.9 Å². The highest BCUT2D eigenvalue weighted by molar-refractivity contribution is 5.10. The minimum atomic E-state index is 1.05. The van der Waals surface area contributed by atoms with Crippen LogP contribution in [0.2, 0.25) is 0 Å². The molecule has 0 saturated heterocycles. The molecule has 1 aromatic heterocycles. The smallest absolute Gasteiger partial charge is 0.109 e. The molecule has 1 aliphatic rings. The maximum atomic E-state index is 4.23. The molecule has 9 heavy (non-hydrogen) atoms. The minimum absolute atomic E-state index is 1.05. The van der Waals surface area contributed by atoms with Gasteiger partial charge >= 0.3 is 0 Å². The highest BCUT2D eigenvalue weighted by Gasteiger charge is 2.12. The first kappa shape index (κ1) is 5.03. The van der Waals surface area contributed by atoms with E-state index in [9.17, 15) is 0 Å². The molecular formula is C7H9N2. The summed E-state index contributed by atoms with van der Waals surface area (Å²) in [5, 5.41) is 0. The van der Waals surface area contributed by atoms with E-state index >= 15 is 0 Å². The van der Waals surface area contributed by atoms with Gasteiger partial charge in [-0.25, -0.2) is 4.98 Å². The van der Waals surface area contributed by atoms with Gasteiger partial charge in [-0.05, 0) is 13.3 Å². The van der Waals surface area contributed by atoms with Crippen molar-refractivity contribution in [1.82, 2.24) is 9.55 Å². The molecular weight excluding hydrogens is 112 g/mol. The minimum Gasteiger partial charge on any atom is -0.332 e. The van der Waals surface area contributed by atoms with E-state index in [1.807, 2.05) is 6.20 Å². The Labute approximate surface area is 54.5 Å². The first-order valence-corrected chi connectivity index (χ1v) is 3.20. The van der Waals surface area contributed by atoms with Crippen molar-refractivity contribution in [3.8, 4) is 0 Å². The fraction of sp³-hybridized carbons (Fsp3) is 0.429. The summed E-state index contributed by atoms with van der Waals surface area (Å²) >= 11 is 0. The number of rotatable bonds is 0. The number of aryl methyl sites for hydroxylation is 1. The Bertz CT molecular complexity index is 225. The largest absolute Gasteiger partial charge is 0.332 e. The van der Waals surface area contributed by atoms with Gasteiger partial charge in [0.15, 0.2) is 0 Å². The van der Waals surface area contributed by atoms with E-state index in [0.717, 1.165) is 13.0 Å². The Morgan fingerprint density at radius 2 is 2.56 bits per heavy atom. The zero-order valence-electron chi connectivity index (χ0n) is 5.46.